The van der Waals surface area contributed by atoms with Crippen molar-refractivity contribution in [2.75, 3.05) is 60.0 Å². The van der Waals surface area contributed by atoms with Gasteiger partial charge in [-0.2, -0.15) is 0 Å². The molecule has 2 saturated heterocycles. The number of carbonyl (C=O) groups is 2. The minimum absolute atomic E-state index is 0.0289. The number of hydrogen-bond donors (Lipinski definition) is 0. The maximum atomic E-state index is 12.9. The number of Topliss-reactive ketones (excluding diaryl/α,β-unsaturated/α-hetero) is 1. The van der Waals surface area contributed by atoms with Gasteiger partial charge < -0.3 is 14.4 Å². The Morgan fingerprint density at radius 1 is 0.765 bits per heavy atom. The van der Waals surface area contributed by atoms with E-state index in [1.807, 2.05) is 41.3 Å². The molecule has 2 aromatic carbocycles. The fourth-order valence-electron chi connectivity index (χ4n) is 4.78. The minimum atomic E-state index is 0.0289. The van der Waals surface area contributed by atoms with E-state index in [2.05, 4.69) is 21.9 Å². The molecule has 7 nitrogen and oxygen atoms in total. The molecule has 0 N–H and O–H groups in total. The number of piperidine rings is 1. The summed E-state index contributed by atoms with van der Waals surface area (Å²) in [4.78, 5) is 32.3. The van der Waals surface area contributed by atoms with Gasteiger partial charge in [0.05, 0.1) is 20.8 Å². The zero-order chi connectivity index (χ0) is 23.9. The summed E-state index contributed by atoms with van der Waals surface area (Å²) in [5.74, 6) is 2.05. The molecule has 2 aromatic rings. The van der Waals surface area contributed by atoms with E-state index in [1.54, 1.807) is 14.2 Å². The molecule has 0 saturated carbocycles. The van der Waals surface area contributed by atoms with Crippen LogP contribution in [0.4, 0.5) is 0 Å². The molecule has 0 aliphatic carbocycles. The van der Waals surface area contributed by atoms with Gasteiger partial charge in [0.15, 0.2) is 5.78 Å². The van der Waals surface area contributed by atoms with Crippen LogP contribution in [0.2, 0.25) is 0 Å². The molecule has 0 unspecified atom stereocenters. The Morgan fingerprint density at radius 2 is 1.32 bits per heavy atom. The van der Waals surface area contributed by atoms with E-state index in [0.29, 0.717) is 6.54 Å². The molecular formula is C27H35N3O4. The first kappa shape index (κ1) is 24.2. The molecule has 0 radical (unpaired) electrons. The SMILES string of the molecule is COc1ccc(CN2CCN(C(=O)CN3CCC(C(=O)c4ccc(OC)cc4)CC3)CC2)cc1. The van der Waals surface area contributed by atoms with E-state index in [9.17, 15) is 9.59 Å². The Balaban J connectivity index is 1.18. The molecule has 0 atom stereocenters. The van der Waals surface area contributed by atoms with Gasteiger partial charge in [-0.3, -0.25) is 19.4 Å². The summed E-state index contributed by atoms with van der Waals surface area (Å²) >= 11 is 0. The molecule has 34 heavy (non-hydrogen) atoms. The third kappa shape index (κ3) is 6.15. The van der Waals surface area contributed by atoms with Crippen molar-refractivity contribution in [3.63, 3.8) is 0 Å². The number of ether oxygens (including phenoxy) is 2. The molecule has 0 aromatic heterocycles. The van der Waals surface area contributed by atoms with E-state index in [0.717, 1.165) is 75.7 Å². The Hall–Kier alpha value is -2.90. The molecule has 182 valence electrons. The molecule has 4 rings (SSSR count). The summed E-state index contributed by atoms with van der Waals surface area (Å²) < 4.78 is 10.4. The number of carbonyl (C=O) groups excluding carboxylic acids is 2. The Kier molecular flexibility index (Phi) is 8.19. The van der Waals surface area contributed by atoms with E-state index in [1.165, 1.54) is 5.56 Å². The first-order valence-electron chi connectivity index (χ1n) is 12.1. The largest absolute Gasteiger partial charge is 0.497 e. The van der Waals surface area contributed by atoms with Gasteiger partial charge in [0.1, 0.15) is 11.5 Å². The van der Waals surface area contributed by atoms with Crippen LogP contribution in [-0.2, 0) is 11.3 Å². The van der Waals surface area contributed by atoms with Gasteiger partial charge in [-0.05, 0) is 67.9 Å². The van der Waals surface area contributed by atoms with Crippen LogP contribution in [0.15, 0.2) is 48.5 Å². The lowest BCUT2D eigenvalue weighted by molar-refractivity contribution is -0.134. The summed E-state index contributed by atoms with van der Waals surface area (Å²) in [7, 11) is 3.30. The van der Waals surface area contributed by atoms with Gasteiger partial charge >= 0.3 is 0 Å². The number of benzene rings is 2. The number of piperazine rings is 1. The van der Waals surface area contributed by atoms with Crippen LogP contribution < -0.4 is 9.47 Å². The molecule has 0 bridgehead atoms. The maximum absolute atomic E-state index is 12.9. The van der Waals surface area contributed by atoms with Gasteiger partial charge in [-0.1, -0.05) is 12.1 Å². The monoisotopic (exact) mass is 465 g/mol. The standard InChI is InChI=1S/C27H35N3O4/c1-33-24-7-3-21(4-8-24)19-29-15-17-30(18-16-29)26(31)20-28-13-11-23(12-14-28)27(32)22-5-9-25(34-2)10-6-22/h3-10,23H,11-20H2,1-2H3. The van der Waals surface area contributed by atoms with Crippen molar-refractivity contribution >= 4 is 11.7 Å². The highest BCUT2D eigenvalue weighted by Crippen LogP contribution is 2.23. The Bertz CT molecular complexity index is 945. The van der Waals surface area contributed by atoms with E-state index in [4.69, 9.17) is 9.47 Å². The lowest BCUT2D eigenvalue weighted by atomic mass is 9.89. The molecule has 2 aliphatic heterocycles. The van der Waals surface area contributed by atoms with Crippen molar-refractivity contribution in [3.8, 4) is 11.5 Å². The normalized spacial score (nSPS) is 18.0. The second-order valence-corrected chi connectivity index (χ2v) is 9.15. The second-order valence-electron chi connectivity index (χ2n) is 9.15. The lowest BCUT2D eigenvalue weighted by Crippen LogP contribution is -2.51. The van der Waals surface area contributed by atoms with Gasteiger partial charge in [-0.15, -0.1) is 0 Å². The highest BCUT2D eigenvalue weighted by atomic mass is 16.5. The third-order valence-corrected chi connectivity index (χ3v) is 6.98. The molecule has 1 amide bonds. The fraction of sp³-hybridized carbons (Fsp3) is 0.481. The van der Waals surface area contributed by atoms with Crippen molar-refractivity contribution in [1.29, 1.82) is 0 Å². The number of hydrogen-bond acceptors (Lipinski definition) is 6. The molecule has 2 heterocycles. The molecular weight excluding hydrogens is 430 g/mol. The average molecular weight is 466 g/mol. The van der Waals surface area contributed by atoms with Gasteiger partial charge in [0, 0.05) is 44.2 Å². The van der Waals surface area contributed by atoms with Crippen molar-refractivity contribution in [2.24, 2.45) is 5.92 Å². The third-order valence-electron chi connectivity index (χ3n) is 6.98. The van der Waals surface area contributed by atoms with Crippen molar-refractivity contribution in [1.82, 2.24) is 14.7 Å². The zero-order valence-electron chi connectivity index (χ0n) is 20.2. The number of likely N-dealkylation sites (tertiary alicyclic amines) is 1. The Labute approximate surface area is 202 Å². The van der Waals surface area contributed by atoms with Crippen LogP contribution in [0.5, 0.6) is 11.5 Å². The van der Waals surface area contributed by atoms with Gasteiger partial charge in [0.25, 0.3) is 0 Å². The lowest BCUT2D eigenvalue weighted by Gasteiger charge is -2.37. The van der Waals surface area contributed by atoms with Crippen molar-refractivity contribution < 1.29 is 19.1 Å². The number of amides is 1. The number of rotatable bonds is 8. The highest BCUT2D eigenvalue weighted by Gasteiger charge is 2.28. The van der Waals surface area contributed by atoms with Crippen molar-refractivity contribution in [2.45, 2.75) is 19.4 Å². The summed E-state index contributed by atoms with van der Waals surface area (Å²) in [5, 5.41) is 0. The summed E-state index contributed by atoms with van der Waals surface area (Å²) in [5.41, 5.74) is 2.00. The van der Waals surface area contributed by atoms with E-state index in [-0.39, 0.29) is 17.6 Å². The molecule has 0 spiro atoms. The predicted molar refractivity (Wildman–Crippen MR) is 131 cm³/mol. The highest BCUT2D eigenvalue weighted by molar-refractivity contribution is 5.98. The summed E-state index contributed by atoms with van der Waals surface area (Å²) in [6.07, 6.45) is 1.60. The zero-order valence-corrected chi connectivity index (χ0v) is 20.2. The molecule has 2 fully saturated rings. The van der Waals surface area contributed by atoms with Gasteiger partial charge in [0.2, 0.25) is 5.91 Å². The number of methoxy groups -OCH3 is 2. The second kappa shape index (κ2) is 11.5. The van der Waals surface area contributed by atoms with Crippen LogP contribution in [0.3, 0.4) is 0 Å². The quantitative estimate of drug-likeness (QED) is 0.559. The van der Waals surface area contributed by atoms with E-state index < -0.39 is 0 Å². The summed E-state index contributed by atoms with van der Waals surface area (Å²) in [6.45, 7) is 6.21. The Morgan fingerprint density at radius 3 is 1.88 bits per heavy atom. The topological polar surface area (TPSA) is 62.3 Å². The summed E-state index contributed by atoms with van der Waals surface area (Å²) in [6, 6.07) is 15.5. The van der Waals surface area contributed by atoms with Crippen LogP contribution in [0, 0.1) is 5.92 Å². The van der Waals surface area contributed by atoms with Gasteiger partial charge in [-0.25, -0.2) is 0 Å². The van der Waals surface area contributed by atoms with Crippen molar-refractivity contribution in [3.05, 3.63) is 59.7 Å². The van der Waals surface area contributed by atoms with Crippen LogP contribution in [0.25, 0.3) is 0 Å². The molecule has 2 aliphatic rings. The van der Waals surface area contributed by atoms with Crippen LogP contribution >= 0.6 is 0 Å². The fourth-order valence-corrected chi connectivity index (χ4v) is 4.78. The van der Waals surface area contributed by atoms with Crippen LogP contribution in [-0.4, -0.2) is 86.4 Å². The molecule has 7 heteroatoms. The van der Waals surface area contributed by atoms with E-state index >= 15 is 0 Å². The van der Waals surface area contributed by atoms with Crippen LogP contribution in [0.1, 0.15) is 28.8 Å². The first-order valence-corrected chi connectivity index (χ1v) is 12.1. The number of ketones is 1. The first-order chi connectivity index (χ1) is 16.6. The minimum Gasteiger partial charge on any atom is -0.497 e. The number of nitrogens with zero attached hydrogens (tertiary/aromatic N) is 3. The average Bonchev–Trinajstić information content (AvgIpc) is 2.89. The maximum Gasteiger partial charge on any atom is 0.236 e. The predicted octanol–water partition coefficient (Wildman–Crippen LogP) is 2.94. The smallest absolute Gasteiger partial charge is 0.236 e.